The Hall–Kier alpha value is -3.65. The molecule has 31 heavy (non-hydrogen) atoms. The van der Waals surface area contributed by atoms with Crippen molar-refractivity contribution in [3.63, 3.8) is 0 Å². The molecule has 0 unspecified atom stereocenters. The maximum Gasteiger partial charge on any atom is 0.336 e. The predicted molar refractivity (Wildman–Crippen MR) is 113 cm³/mol. The van der Waals surface area contributed by atoms with E-state index in [0.717, 1.165) is 5.56 Å². The van der Waals surface area contributed by atoms with E-state index in [9.17, 15) is 14.4 Å². The van der Waals surface area contributed by atoms with Gasteiger partial charge in [-0.2, -0.15) is 0 Å². The molecule has 162 valence electrons. The molecule has 3 aromatic rings. The van der Waals surface area contributed by atoms with Gasteiger partial charge in [-0.1, -0.05) is 30.3 Å². The number of hydrogen-bond donors (Lipinski definition) is 1. The van der Waals surface area contributed by atoms with Gasteiger partial charge in [0.1, 0.15) is 24.0 Å². The average Bonchev–Trinajstić information content (AvgIpc) is 2.78. The zero-order valence-corrected chi connectivity index (χ0v) is 17.3. The Balaban J connectivity index is 1.72. The molecular weight excluding hydrogens is 402 g/mol. The minimum absolute atomic E-state index is 0.0472. The van der Waals surface area contributed by atoms with Crippen LogP contribution in [0.15, 0.2) is 63.8 Å². The summed E-state index contributed by atoms with van der Waals surface area (Å²) in [6, 6.07) is 14.7. The zero-order valence-electron chi connectivity index (χ0n) is 17.3. The van der Waals surface area contributed by atoms with Gasteiger partial charge in [0.25, 0.3) is 0 Å². The van der Waals surface area contributed by atoms with E-state index in [1.165, 1.54) is 20.3 Å². The number of fused-ring (bicyclic) bond motifs is 1. The van der Waals surface area contributed by atoms with Crippen LogP contribution in [0.5, 0.6) is 5.75 Å². The fourth-order valence-electron chi connectivity index (χ4n) is 3.13. The number of benzene rings is 2. The second-order valence-electron chi connectivity index (χ2n) is 6.78. The van der Waals surface area contributed by atoms with Crippen molar-refractivity contribution < 1.29 is 28.2 Å². The number of nitrogens with one attached hydrogen (secondary N) is 1. The summed E-state index contributed by atoms with van der Waals surface area (Å²) >= 11 is 0. The number of hydrogen-bond acceptors (Lipinski definition) is 7. The molecule has 0 aliphatic carbocycles. The molecule has 0 radical (unpaired) electrons. The summed E-state index contributed by atoms with van der Waals surface area (Å²) in [5.74, 6) is -0.576. The molecule has 0 aliphatic rings. The molecule has 1 N–H and O–H groups in total. The molecule has 0 saturated carbocycles. The zero-order chi connectivity index (χ0) is 22.2. The number of esters is 1. The summed E-state index contributed by atoms with van der Waals surface area (Å²) in [6.07, 6.45) is 0.0472. The van der Waals surface area contributed by atoms with E-state index in [2.05, 4.69) is 5.32 Å². The van der Waals surface area contributed by atoms with Crippen LogP contribution in [-0.2, 0) is 32.1 Å². The first kappa shape index (κ1) is 22.0. The van der Waals surface area contributed by atoms with Crippen LogP contribution < -0.4 is 15.7 Å². The summed E-state index contributed by atoms with van der Waals surface area (Å²) in [5, 5.41) is 3.24. The molecule has 0 fully saturated rings. The molecule has 2 aromatic carbocycles. The fourth-order valence-corrected chi connectivity index (χ4v) is 3.13. The molecule has 1 aromatic heterocycles. The number of carbonyl (C=O) groups excluding carboxylic acids is 2. The van der Waals surface area contributed by atoms with Crippen molar-refractivity contribution >= 4 is 22.8 Å². The number of amides is 1. The molecule has 0 spiro atoms. The molecule has 0 bridgehead atoms. The van der Waals surface area contributed by atoms with Crippen molar-refractivity contribution in [2.24, 2.45) is 0 Å². The maximum atomic E-state index is 12.3. The highest BCUT2D eigenvalue weighted by Crippen LogP contribution is 2.23. The topological polar surface area (TPSA) is 104 Å². The van der Waals surface area contributed by atoms with Crippen LogP contribution in [0.3, 0.4) is 0 Å². The quantitative estimate of drug-likeness (QED) is 0.414. The number of methoxy groups -OCH3 is 2. The Kier molecular flexibility index (Phi) is 7.40. The maximum absolute atomic E-state index is 12.3. The van der Waals surface area contributed by atoms with E-state index < -0.39 is 23.5 Å². The normalized spacial score (nSPS) is 11.7. The van der Waals surface area contributed by atoms with Crippen molar-refractivity contribution in [1.29, 1.82) is 0 Å². The number of rotatable bonds is 9. The molecular formula is C23H23NO7. The third kappa shape index (κ3) is 5.93. The second kappa shape index (κ2) is 10.4. The van der Waals surface area contributed by atoms with Crippen molar-refractivity contribution in [2.45, 2.75) is 19.1 Å². The molecule has 0 saturated heterocycles. The van der Waals surface area contributed by atoms with Crippen LogP contribution in [0.1, 0.15) is 11.1 Å². The fraction of sp³-hybridized carbons (Fsp3) is 0.261. The van der Waals surface area contributed by atoms with Crippen molar-refractivity contribution in [1.82, 2.24) is 5.32 Å². The SMILES string of the molecule is COC(=O)[C@@H](Cc1cc(=O)oc2cc(OC)ccc12)NC(=O)COCc1ccccc1. The highest BCUT2D eigenvalue weighted by molar-refractivity contribution is 5.87. The summed E-state index contributed by atoms with van der Waals surface area (Å²) in [5.41, 5.74) is 1.22. The Morgan fingerprint density at radius 1 is 1.06 bits per heavy atom. The first-order valence-electron chi connectivity index (χ1n) is 9.60. The van der Waals surface area contributed by atoms with Crippen LogP contribution in [0.25, 0.3) is 11.0 Å². The highest BCUT2D eigenvalue weighted by atomic mass is 16.5. The largest absolute Gasteiger partial charge is 0.497 e. The number of ether oxygens (including phenoxy) is 3. The van der Waals surface area contributed by atoms with E-state index >= 15 is 0 Å². The van der Waals surface area contributed by atoms with E-state index in [1.54, 1.807) is 18.2 Å². The summed E-state index contributed by atoms with van der Waals surface area (Å²) in [7, 11) is 2.74. The Labute approximate surface area is 178 Å². The van der Waals surface area contributed by atoms with Gasteiger partial charge in [0, 0.05) is 23.9 Å². The van der Waals surface area contributed by atoms with Crippen molar-refractivity contribution in [3.8, 4) is 5.75 Å². The van der Waals surface area contributed by atoms with E-state index in [4.69, 9.17) is 18.6 Å². The standard InChI is InChI=1S/C23H23NO7/c1-28-17-8-9-18-16(11-22(26)31-20(18)12-17)10-19(23(27)29-2)24-21(25)14-30-13-15-6-4-3-5-7-15/h3-9,11-12,19H,10,13-14H2,1-2H3,(H,24,25)/t19-/m1/s1. The Morgan fingerprint density at radius 3 is 2.55 bits per heavy atom. The molecule has 0 aliphatic heterocycles. The lowest BCUT2D eigenvalue weighted by Crippen LogP contribution is -2.44. The smallest absolute Gasteiger partial charge is 0.336 e. The van der Waals surface area contributed by atoms with Crippen LogP contribution in [0.4, 0.5) is 0 Å². The second-order valence-corrected chi connectivity index (χ2v) is 6.78. The number of carbonyl (C=O) groups is 2. The third-order valence-electron chi connectivity index (χ3n) is 4.63. The van der Waals surface area contributed by atoms with Gasteiger partial charge in [0.15, 0.2) is 0 Å². The molecule has 8 heteroatoms. The minimum atomic E-state index is -0.995. The highest BCUT2D eigenvalue weighted by Gasteiger charge is 2.23. The molecule has 8 nitrogen and oxygen atoms in total. The van der Waals surface area contributed by atoms with Gasteiger partial charge in [0.2, 0.25) is 5.91 Å². The molecule has 1 atom stereocenters. The van der Waals surface area contributed by atoms with Gasteiger partial charge in [-0.15, -0.1) is 0 Å². The molecule has 1 amide bonds. The van der Waals surface area contributed by atoms with Crippen LogP contribution >= 0.6 is 0 Å². The van der Waals surface area contributed by atoms with Gasteiger partial charge in [-0.05, 0) is 23.3 Å². The molecule has 3 rings (SSSR count). The first-order valence-corrected chi connectivity index (χ1v) is 9.60. The van der Waals surface area contributed by atoms with Gasteiger partial charge < -0.3 is 23.9 Å². The summed E-state index contributed by atoms with van der Waals surface area (Å²) in [4.78, 5) is 36.6. The van der Waals surface area contributed by atoms with Gasteiger partial charge in [0.05, 0.1) is 20.8 Å². The van der Waals surface area contributed by atoms with E-state index in [1.807, 2.05) is 30.3 Å². The van der Waals surface area contributed by atoms with Crippen molar-refractivity contribution in [3.05, 3.63) is 76.1 Å². The summed E-state index contributed by atoms with van der Waals surface area (Å²) in [6.45, 7) is 0.0423. The van der Waals surface area contributed by atoms with Crippen LogP contribution in [0.2, 0.25) is 0 Å². The van der Waals surface area contributed by atoms with Crippen LogP contribution in [-0.4, -0.2) is 38.7 Å². The van der Waals surface area contributed by atoms with Gasteiger partial charge in [-0.25, -0.2) is 9.59 Å². The van der Waals surface area contributed by atoms with E-state index in [0.29, 0.717) is 22.3 Å². The Bertz CT molecular complexity index is 1110. The van der Waals surface area contributed by atoms with Crippen molar-refractivity contribution in [2.75, 3.05) is 20.8 Å². The lowest BCUT2D eigenvalue weighted by molar-refractivity contribution is -0.145. The lowest BCUT2D eigenvalue weighted by Gasteiger charge is -2.17. The third-order valence-corrected chi connectivity index (χ3v) is 4.63. The molecule has 1 heterocycles. The summed E-state index contributed by atoms with van der Waals surface area (Å²) < 4.78 is 20.6. The van der Waals surface area contributed by atoms with Gasteiger partial charge in [-0.3, -0.25) is 4.79 Å². The van der Waals surface area contributed by atoms with E-state index in [-0.39, 0.29) is 19.6 Å². The minimum Gasteiger partial charge on any atom is -0.497 e. The van der Waals surface area contributed by atoms with Gasteiger partial charge >= 0.3 is 11.6 Å². The Morgan fingerprint density at radius 2 is 1.84 bits per heavy atom. The van der Waals surface area contributed by atoms with Crippen LogP contribution in [0, 0.1) is 0 Å². The monoisotopic (exact) mass is 425 g/mol. The average molecular weight is 425 g/mol. The predicted octanol–water partition coefficient (Wildman–Crippen LogP) is 2.22. The first-order chi connectivity index (χ1) is 15.0. The lowest BCUT2D eigenvalue weighted by atomic mass is 10.0.